The maximum Gasteiger partial charge on any atom is 0.246 e. The smallest absolute Gasteiger partial charge is 0.246 e. The molecular weight excluding hydrogens is 504 g/mol. The predicted molar refractivity (Wildman–Crippen MR) is 153 cm³/mol. The van der Waals surface area contributed by atoms with Crippen LogP contribution in [0.4, 0.5) is 0 Å². The van der Waals surface area contributed by atoms with Gasteiger partial charge in [-0.25, -0.2) is 4.98 Å². The number of rotatable bonds is 12. The molecule has 8 heteroatoms. The average molecular weight is 545 g/mol. The summed E-state index contributed by atoms with van der Waals surface area (Å²) >= 11 is 0. The number of carbonyl (C=O) groups is 2. The van der Waals surface area contributed by atoms with Crippen molar-refractivity contribution in [2.24, 2.45) is 11.7 Å². The van der Waals surface area contributed by atoms with E-state index in [1.807, 2.05) is 46.7 Å². The highest BCUT2D eigenvalue weighted by Gasteiger charge is 2.50. The Kier molecular flexibility index (Phi) is 8.26. The number of benzene rings is 2. The highest BCUT2D eigenvalue weighted by atomic mass is 16.5. The fourth-order valence-electron chi connectivity index (χ4n) is 5.85. The quantitative estimate of drug-likeness (QED) is 0.367. The number of ether oxygens (including phenoxy) is 2. The van der Waals surface area contributed by atoms with Crippen molar-refractivity contribution in [2.45, 2.75) is 64.0 Å². The van der Waals surface area contributed by atoms with Crippen LogP contribution in [0, 0.1) is 19.8 Å². The zero-order chi connectivity index (χ0) is 28.3. The summed E-state index contributed by atoms with van der Waals surface area (Å²) < 4.78 is 13.9. The van der Waals surface area contributed by atoms with E-state index in [2.05, 4.69) is 30.1 Å². The van der Waals surface area contributed by atoms with Crippen molar-refractivity contribution in [3.63, 3.8) is 0 Å². The Balaban J connectivity index is 1.40. The molecule has 0 unspecified atom stereocenters. The van der Waals surface area contributed by atoms with Crippen molar-refractivity contribution in [1.82, 2.24) is 14.5 Å². The van der Waals surface area contributed by atoms with Gasteiger partial charge in [-0.1, -0.05) is 42.8 Å². The van der Waals surface area contributed by atoms with Crippen LogP contribution in [0.15, 0.2) is 54.9 Å². The van der Waals surface area contributed by atoms with E-state index in [-0.39, 0.29) is 18.2 Å². The van der Waals surface area contributed by atoms with Gasteiger partial charge in [-0.2, -0.15) is 0 Å². The van der Waals surface area contributed by atoms with E-state index >= 15 is 0 Å². The van der Waals surface area contributed by atoms with Crippen molar-refractivity contribution in [1.29, 1.82) is 0 Å². The molecule has 8 nitrogen and oxygen atoms in total. The molecule has 1 atom stereocenters. The van der Waals surface area contributed by atoms with E-state index in [1.54, 1.807) is 13.4 Å². The molecule has 1 saturated carbocycles. The SMILES string of the molecule is COc1ccc(C[C@H](C(=O)N2CC(OCC3CCC3)(c3ccccc3C)C2)n2cnc(CCC(N)=O)c2C)cc1. The van der Waals surface area contributed by atoms with Crippen LogP contribution in [0.2, 0.25) is 0 Å². The molecule has 5 rings (SSSR count). The molecule has 2 heterocycles. The Morgan fingerprint density at radius 1 is 1.10 bits per heavy atom. The molecule has 2 amide bonds. The molecule has 1 saturated heterocycles. The number of nitrogens with two attached hydrogens (primary N) is 1. The molecular formula is C32H40N4O4. The average Bonchev–Trinajstić information content (AvgIpc) is 3.26. The van der Waals surface area contributed by atoms with Gasteiger partial charge in [0.15, 0.2) is 0 Å². The lowest BCUT2D eigenvalue weighted by Crippen LogP contribution is -2.64. The molecule has 2 aliphatic rings. The number of aromatic nitrogens is 2. The Morgan fingerprint density at radius 3 is 2.45 bits per heavy atom. The van der Waals surface area contributed by atoms with E-state index in [1.165, 1.54) is 24.8 Å². The van der Waals surface area contributed by atoms with Gasteiger partial charge in [0, 0.05) is 25.0 Å². The summed E-state index contributed by atoms with van der Waals surface area (Å²) in [7, 11) is 1.64. The molecule has 1 aromatic heterocycles. The van der Waals surface area contributed by atoms with Crippen LogP contribution in [0.25, 0.3) is 0 Å². The number of aryl methyl sites for hydroxylation is 2. The van der Waals surface area contributed by atoms with Crippen LogP contribution in [0.3, 0.4) is 0 Å². The fraction of sp³-hybridized carbons (Fsp3) is 0.469. The molecule has 3 aromatic rings. The van der Waals surface area contributed by atoms with E-state index in [4.69, 9.17) is 15.2 Å². The second-order valence-corrected chi connectivity index (χ2v) is 11.3. The zero-order valence-corrected chi connectivity index (χ0v) is 23.8. The molecule has 0 radical (unpaired) electrons. The number of hydrogen-bond donors (Lipinski definition) is 1. The molecule has 2 fully saturated rings. The summed E-state index contributed by atoms with van der Waals surface area (Å²) in [5.41, 5.74) is 9.92. The Bertz CT molecular complexity index is 1340. The second-order valence-electron chi connectivity index (χ2n) is 11.3. The number of imidazole rings is 1. The lowest BCUT2D eigenvalue weighted by molar-refractivity contribution is -0.181. The first kappa shape index (κ1) is 27.9. The number of amides is 2. The number of hydrogen-bond acceptors (Lipinski definition) is 5. The molecule has 1 aliphatic carbocycles. The van der Waals surface area contributed by atoms with Crippen LogP contribution in [-0.4, -0.2) is 53.1 Å². The first-order valence-electron chi connectivity index (χ1n) is 14.2. The maximum absolute atomic E-state index is 14.2. The number of likely N-dealkylation sites (tertiary alicyclic amines) is 1. The minimum atomic E-state index is -0.488. The minimum absolute atomic E-state index is 0.0363. The summed E-state index contributed by atoms with van der Waals surface area (Å²) in [6.45, 7) is 5.83. The lowest BCUT2D eigenvalue weighted by Gasteiger charge is -2.52. The summed E-state index contributed by atoms with van der Waals surface area (Å²) in [5.74, 6) is 1.05. The summed E-state index contributed by atoms with van der Waals surface area (Å²) in [4.78, 5) is 32.1. The van der Waals surface area contributed by atoms with Crippen molar-refractivity contribution < 1.29 is 19.1 Å². The van der Waals surface area contributed by atoms with Crippen LogP contribution in [0.1, 0.15) is 59.8 Å². The van der Waals surface area contributed by atoms with Gasteiger partial charge in [0.1, 0.15) is 17.4 Å². The van der Waals surface area contributed by atoms with Crippen LogP contribution in [0.5, 0.6) is 5.75 Å². The van der Waals surface area contributed by atoms with Crippen molar-refractivity contribution >= 4 is 11.8 Å². The largest absolute Gasteiger partial charge is 0.497 e. The van der Waals surface area contributed by atoms with Crippen molar-refractivity contribution in [3.05, 3.63) is 82.9 Å². The van der Waals surface area contributed by atoms with Crippen LogP contribution >= 0.6 is 0 Å². The summed E-state index contributed by atoms with van der Waals surface area (Å²) in [6, 6.07) is 15.7. The third-order valence-electron chi connectivity index (χ3n) is 8.62. The highest BCUT2D eigenvalue weighted by Crippen LogP contribution is 2.41. The molecule has 1 aliphatic heterocycles. The first-order chi connectivity index (χ1) is 19.3. The van der Waals surface area contributed by atoms with E-state index in [0.29, 0.717) is 31.8 Å². The van der Waals surface area contributed by atoms with Gasteiger partial charge >= 0.3 is 0 Å². The van der Waals surface area contributed by atoms with E-state index < -0.39 is 11.6 Å². The monoisotopic (exact) mass is 544 g/mol. The van der Waals surface area contributed by atoms with Crippen LogP contribution in [-0.2, 0) is 32.8 Å². The molecule has 2 aromatic carbocycles. The summed E-state index contributed by atoms with van der Waals surface area (Å²) in [6.07, 6.45) is 6.61. The third-order valence-corrected chi connectivity index (χ3v) is 8.62. The molecule has 40 heavy (non-hydrogen) atoms. The van der Waals surface area contributed by atoms with Crippen LogP contribution < -0.4 is 10.5 Å². The third kappa shape index (κ3) is 5.77. The first-order valence-corrected chi connectivity index (χ1v) is 14.2. The van der Waals surface area contributed by atoms with Gasteiger partial charge in [0.25, 0.3) is 0 Å². The molecule has 0 spiro atoms. The Labute approximate surface area is 236 Å². The van der Waals surface area contributed by atoms with Crippen molar-refractivity contribution in [2.75, 3.05) is 26.8 Å². The topological polar surface area (TPSA) is 99.7 Å². The van der Waals surface area contributed by atoms with Gasteiger partial charge in [0.2, 0.25) is 11.8 Å². The maximum atomic E-state index is 14.2. The van der Waals surface area contributed by atoms with Gasteiger partial charge in [-0.05, 0) is 61.4 Å². The lowest BCUT2D eigenvalue weighted by atomic mass is 9.81. The minimum Gasteiger partial charge on any atom is -0.497 e. The van der Waals surface area contributed by atoms with E-state index in [0.717, 1.165) is 34.9 Å². The van der Waals surface area contributed by atoms with Gasteiger partial charge in [-0.3, -0.25) is 9.59 Å². The number of primary amides is 1. The Hall–Kier alpha value is -3.65. The van der Waals surface area contributed by atoms with Gasteiger partial charge in [0.05, 0.1) is 38.8 Å². The molecule has 2 N–H and O–H groups in total. The van der Waals surface area contributed by atoms with E-state index in [9.17, 15) is 9.59 Å². The molecule has 212 valence electrons. The fourth-order valence-corrected chi connectivity index (χ4v) is 5.85. The Morgan fingerprint density at radius 2 is 1.82 bits per heavy atom. The number of methoxy groups -OCH3 is 1. The van der Waals surface area contributed by atoms with Crippen molar-refractivity contribution in [3.8, 4) is 5.75 Å². The number of carbonyl (C=O) groups excluding carboxylic acids is 2. The molecule has 0 bridgehead atoms. The standard InChI is InChI=1S/C32H40N4O4/c1-22-7-4-5-10-27(22)32(40-18-25-8-6-9-25)19-35(20-32)31(38)29(17-24-11-13-26(39-3)14-12-24)36-21-34-28(23(36)2)15-16-30(33)37/h4-5,7,10-14,21,25,29H,6,8-9,15-20H2,1-3H3,(H2,33,37)/t29-/m1/s1. The second kappa shape index (κ2) is 11.8. The van der Waals surface area contributed by atoms with Gasteiger partial charge in [-0.15, -0.1) is 0 Å². The zero-order valence-electron chi connectivity index (χ0n) is 23.8. The predicted octanol–water partition coefficient (Wildman–Crippen LogP) is 4.26. The summed E-state index contributed by atoms with van der Waals surface area (Å²) in [5, 5.41) is 0. The normalized spacial score (nSPS) is 17.1. The van der Waals surface area contributed by atoms with Gasteiger partial charge < -0.3 is 24.7 Å². The highest BCUT2D eigenvalue weighted by molar-refractivity contribution is 5.82. The number of nitrogens with zero attached hydrogens (tertiary/aromatic N) is 3.